The van der Waals surface area contributed by atoms with Crippen LogP contribution in [0.5, 0.6) is 0 Å². The van der Waals surface area contributed by atoms with Crippen molar-refractivity contribution in [1.82, 2.24) is 15.1 Å². The van der Waals surface area contributed by atoms with E-state index in [0.717, 1.165) is 45.6 Å². The molecule has 1 aromatic heterocycles. The molecule has 0 atom stereocenters. The summed E-state index contributed by atoms with van der Waals surface area (Å²) in [5.74, 6) is 0.234. The lowest BCUT2D eigenvalue weighted by molar-refractivity contribution is -0.140. The van der Waals surface area contributed by atoms with Crippen molar-refractivity contribution in [2.75, 3.05) is 33.2 Å². The molecule has 4 nitrogen and oxygen atoms in total. The van der Waals surface area contributed by atoms with Gasteiger partial charge in [0.2, 0.25) is 5.91 Å². The Morgan fingerprint density at radius 1 is 1.30 bits per heavy atom. The molecule has 2 fully saturated rings. The molecule has 0 aromatic carbocycles. The number of thiophene rings is 1. The minimum absolute atomic E-state index is 0.234. The van der Waals surface area contributed by atoms with Gasteiger partial charge in [0.05, 0.1) is 0 Å². The molecule has 110 valence electrons. The van der Waals surface area contributed by atoms with Gasteiger partial charge in [0.15, 0.2) is 0 Å². The van der Waals surface area contributed by atoms with Gasteiger partial charge in [-0.1, -0.05) is 0 Å². The van der Waals surface area contributed by atoms with Crippen LogP contribution in [0.3, 0.4) is 0 Å². The maximum atomic E-state index is 12.3. The Kier molecular flexibility index (Phi) is 3.84. The molecule has 2 aliphatic rings. The number of amides is 1. The third-order valence-corrected chi connectivity index (χ3v) is 5.73. The standard InChI is InChI=1S/C15H23N3OS/c1-12-3-4-13(20-12)11-18-8-5-15(6-9-18)14(19)16-7-10-17(15)2/h3-4H,5-11H2,1-2H3,(H,16,19). The third kappa shape index (κ3) is 2.50. The normalized spacial score (nSPS) is 24.0. The van der Waals surface area contributed by atoms with Gasteiger partial charge in [0, 0.05) is 42.5 Å². The van der Waals surface area contributed by atoms with Crippen LogP contribution in [-0.4, -0.2) is 54.5 Å². The molecule has 0 radical (unpaired) electrons. The molecule has 3 rings (SSSR count). The van der Waals surface area contributed by atoms with Crippen LogP contribution < -0.4 is 5.32 Å². The molecular weight excluding hydrogens is 270 g/mol. The lowest BCUT2D eigenvalue weighted by Gasteiger charge is -2.48. The fourth-order valence-corrected chi connectivity index (χ4v) is 4.30. The number of rotatable bonds is 2. The van der Waals surface area contributed by atoms with Crippen LogP contribution in [0.2, 0.25) is 0 Å². The Hall–Kier alpha value is -0.910. The minimum atomic E-state index is -0.250. The van der Waals surface area contributed by atoms with Crippen LogP contribution in [0.1, 0.15) is 22.6 Å². The van der Waals surface area contributed by atoms with Gasteiger partial charge >= 0.3 is 0 Å². The van der Waals surface area contributed by atoms with E-state index < -0.39 is 0 Å². The summed E-state index contributed by atoms with van der Waals surface area (Å²) < 4.78 is 0. The zero-order valence-electron chi connectivity index (χ0n) is 12.3. The summed E-state index contributed by atoms with van der Waals surface area (Å²) in [5.41, 5.74) is -0.250. The van der Waals surface area contributed by atoms with Gasteiger partial charge in [0.1, 0.15) is 5.54 Å². The first-order chi connectivity index (χ1) is 9.60. The number of aryl methyl sites for hydroxylation is 1. The Morgan fingerprint density at radius 3 is 2.65 bits per heavy atom. The van der Waals surface area contributed by atoms with E-state index in [4.69, 9.17) is 0 Å². The Morgan fingerprint density at radius 2 is 2.05 bits per heavy atom. The number of carbonyl (C=O) groups excluding carboxylic acids is 1. The molecule has 2 aliphatic heterocycles. The summed E-state index contributed by atoms with van der Waals surface area (Å²) in [6.45, 7) is 6.95. The van der Waals surface area contributed by atoms with Gasteiger partial charge in [-0.25, -0.2) is 0 Å². The molecule has 1 amide bonds. The molecule has 2 saturated heterocycles. The van der Waals surface area contributed by atoms with Crippen molar-refractivity contribution in [1.29, 1.82) is 0 Å². The predicted molar refractivity (Wildman–Crippen MR) is 81.9 cm³/mol. The topological polar surface area (TPSA) is 35.6 Å². The average molecular weight is 293 g/mol. The summed E-state index contributed by atoms with van der Waals surface area (Å²) >= 11 is 1.88. The van der Waals surface area contributed by atoms with Crippen LogP contribution in [0.25, 0.3) is 0 Å². The highest BCUT2D eigenvalue weighted by Gasteiger charge is 2.46. The van der Waals surface area contributed by atoms with Gasteiger partial charge in [-0.05, 0) is 38.9 Å². The quantitative estimate of drug-likeness (QED) is 0.896. The maximum absolute atomic E-state index is 12.3. The van der Waals surface area contributed by atoms with E-state index >= 15 is 0 Å². The summed E-state index contributed by atoms with van der Waals surface area (Å²) in [5, 5.41) is 3.04. The van der Waals surface area contributed by atoms with Gasteiger partial charge in [0.25, 0.3) is 0 Å². The van der Waals surface area contributed by atoms with Crippen molar-refractivity contribution in [3.8, 4) is 0 Å². The van der Waals surface area contributed by atoms with E-state index in [1.54, 1.807) is 0 Å². The van der Waals surface area contributed by atoms with Gasteiger partial charge in [-0.2, -0.15) is 0 Å². The van der Waals surface area contributed by atoms with Crippen molar-refractivity contribution in [2.24, 2.45) is 0 Å². The Bertz CT molecular complexity index is 491. The number of hydrogen-bond donors (Lipinski definition) is 1. The van der Waals surface area contributed by atoms with E-state index in [9.17, 15) is 4.79 Å². The molecule has 3 heterocycles. The smallest absolute Gasteiger partial charge is 0.240 e. The van der Waals surface area contributed by atoms with Crippen molar-refractivity contribution in [3.05, 3.63) is 21.9 Å². The summed E-state index contributed by atoms with van der Waals surface area (Å²) in [7, 11) is 2.09. The minimum Gasteiger partial charge on any atom is -0.353 e. The average Bonchev–Trinajstić information content (AvgIpc) is 2.83. The van der Waals surface area contributed by atoms with Gasteiger partial charge in [-0.15, -0.1) is 11.3 Å². The number of likely N-dealkylation sites (tertiary alicyclic amines) is 1. The van der Waals surface area contributed by atoms with E-state index in [-0.39, 0.29) is 11.4 Å². The highest BCUT2D eigenvalue weighted by atomic mass is 32.1. The van der Waals surface area contributed by atoms with E-state index in [0.29, 0.717) is 0 Å². The third-order valence-electron chi connectivity index (χ3n) is 4.74. The van der Waals surface area contributed by atoms with Crippen LogP contribution in [0, 0.1) is 6.92 Å². The van der Waals surface area contributed by atoms with E-state index in [1.165, 1.54) is 9.75 Å². The highest BCUT2D eigenvalue weighted by molar-refractivity contribution is 7.11. The van der Waals surface area contributed by atoms with Crippen molar-refractivity contribution in [2.45, 2.75) is 31.8 Å². The molecule has 1 aromatic rings. The van der Waals surface area contributed by atoms with Gasteiger partial charge in [-0.3, -0.25) is 14.6 Å². The first-order valence-corrected chi connectivity index (χ1v) is 8.19. The second-order valence-corrected chi connectivity index (χ2v) is 7.37. The number of likely N-dealkylation sites (N-methyl/N-ethyl adjacent to an activating group) is 1. The predicted octanol–water partition coefficient (Wildman–Crippen LogP) is 1.45. The summed E-state index contributed by atoms with van der Waals surface area (Å²) in [6.07, 6.45) is 1.89. The van der Waals surface area contributed by atoms with Crippen molar-refractivity contribution in [3.63, 3.8) is 0 Å². The SMILES string of the molecule is Cc1ccc(CN2CCC3(CC2)C(=O)NCCN3C)s1. The molecule has 0 unspecified atom stereocenters. The van der Waals surface area contributed by atoms with Crippen molar-refractivity contribution >= 4 is 17.2 Å². The first-order valence-electron chi connectivity index (χ1n) is 7.37. The fourth-order valence-electron chi connectivity index (χ4n) is 3.37. The van der Waals surface area contributed by atoms with Crippen LogP contribution in [0.15, 0.2) is 12.1 Å². The van der Waals surface area contributed by atoms with Crippen LogP contribution in [-0.2, 0) is 11.3 Å². The molecular formula is C15H23N3OS. The molecule has 1 spiro atoms. The number of piperazine rings is 1. The van der Waals surface area contributed by atoms with E-state index in [2.05, 4.69) is 41.2 Å². The monoisotopic (exact) mass is 293 g/mol. The zero-order valence-corrected chi connectivity index (χ0v) is 13.1. The fraction of sp³-hybridized carbons (Fsp3) is 0.667. The summed E-state index contributed by atoms with van der Waals surface area (Å²) in [4.78, 5) is 19.8. The molecule has 1 N–H and O–H groups in total. The van der Waals surface area contributed by atoms with E-state index in [1.807, 2.05) is 11.3 Å². The lowest BCUT2D eigenvalue weighted by atomic mass is 9.83. The number of carbonyl (C=O) groups is 1. The Labute approximate surface area is 124 Å². The Balaban J connectivity index is 1.62. The largest absolute Gasteiger partial charge is 0.353 e. The second-order valence-electron chi connectivity index (χ2n) is 6.00. The number of nitrogens with zero attached hydrogens (tertiary/aromatic N) is 2. The van der Waals surface area contributed by atoms with Crippen LogP contribution in [0.4, 0.5) is 0 Å². The molecule has 0 saturated carbocycles. The maximum Gasteiger partial charge on any atom is 0.240 e. The molecule has 0 aliphatic carbocycles. The number of piperidine rings is 1. The van der Waals surface area contributed by atoms with Crippen molar-refractivity contribution < 1.29 is 4.79 Å². The highest BCUT2D eigenvalue weighted by Crippen LogP contribution is 2.31. The van der Waals surface area contributed by atoms with Gasteiger partial charge < -0.3 is 5.32 Å². The van der Waals surface area contributed by atoms with Crippen LogP contribution >= 0.6 is 11.3 Å². The second kappa shape index (κ2) is 5.47. The number of hydrogen-bond acceptors (Lipinski definition) is 4. The molecule has 5 heteroatoms. The number of nitrogens with one attached hydrogen (secondary N) is 1. The molecule has 20 heavy (non-hydrogen) atoms. The molecule has 0 bridgehead atoms. The zero-order chi connectivity index (χ0) is 14.2. The lowest BCUT2D eigenvalue weighted by Crippen LogP contribution is -2.66. The first kappa shape index (κ1) is 14.0. The summed E-state index contributed by atoms with van der Waals surface area (Å²) in [6, 6.07) is 4.41.